The van der Waals surface area contributed by atoms with Crippen LogP contribution in [-0.4, -0.2) is 34.8 Å². The SMILES string of the molecule is CSCCC(NC(=O)c1cccc([N+](=O)[O-])c1)C(=O)Nc1ccc2c(c1)Cc1ccccc1-2. The largest absolute Gasteiger partial charge is 0.340 e. The van der Waals surface area contributed by atoms with E-state index in [1.54, 1.807) is 11.8 Å². The molecule has 0 heterocycles. The minimum absolute atomic E-state index is 0.140. The molecule has 3 aromatic rings. The van der Waals surface area contributed by atoms with E-state index in [0.717, 1.165) is 12.0 Å². The number of nitro groups is 1. The summed E-state index contributed by atoms with van der Waals surface area (Å²) in [5.41, 5.74) is 5.43. The number of fused-ring (bicyclic) bond motifs is 3. The minimum Gasteiger partial charge on any atom is -0.340 e. The number of nitrogens with one attached hydrogen (secondary N) is 2. The van der Waals surface area contributed by atoms with Gasteiger partial charge in [-0.1, -0.05) is 36.4 Å². The van der Waals surface area contributed by atoms with E-state index in [-0.39, 0.29) is 17.2 Å². The number of amides is 2. The first-order valence-corrected chi connectivity index (χ1v) is 11.9. The van der Waals surface area contributed by atoms with Gasteiger partial charge in [-0.25, -0.2) is 0 Å². The lowest BCUT2D eigenvalue weighted by molar-refractivity contribution is -0.384. The zero-order valence-electron chi connectivity index (χ0n) is 18.0. The van der Waals surface area contributed by atoms with Crippen molar-refractivity contribution in [3.8, 4) is 11.1 Å². The molecule has 1 aliphatic carbocycles. The molecule has 8 heteroatoms. The van der Waals surface area contributed by atoms with E-state index in [9.17, 15) is 19.7 Å². The number of nitrogens with zero attached hydrogens (tertiary/aromatic N) is 1. The fourth-order valence-corrected chi connectivity index (χ4v) is 4.43. The van der Waals surface area contributed by atoms with Crippen molar-refractivity contribution in [3.63, 3.8) is 0 Å². The van der Waals surface area contributed by atoms with Crippen LogP contribution in [0.5, 0.6) is 0 Å². The fraction of sp³-hybridized carbons (Fsp3) is 0.200. The van der Waals surface area contributed by atoms with Crippen LogP contribution in [0.2, 0.25) is 0 Å². The number of rotatable bonds is 8. The lowest BCUT2D eigenvalue weighted by Gasteiger charge is -2.18. The standard InChI is InChI=1S/C25H23N3O4S/c1-33-12-11-23(27-24(29)17-6-4-7-20(15-17)28(31)32)25(30)26-19-9-10-22-18(14-19)13-16-5-2-3-8-21(16)22/h2-10,14-15,23H,11-13H2,1H3,(H,26,30)(H,27,29). The van der Waals surface area contributed by atoms with Crippen LogP contribution >= 0.6 is 11.8 Å². The van der Waals surface area contributed by atoms with E-state index in [1.807, 2.05) is 36.6 Å². The molecule has 1 unspecified atom stereocenters. The van der Waals surface area contributed by atoms with Crippen molar-refractivity contribution in [1.29, 1.82) is 0 Å². The molecule has 0 spiro atoms. The third kappa shape index (κ3) is 5.06. The van der Waals surface area contributed by atoms with Crippen LogP contribution in [-0.2, 0) is 11.2 Å². The molecule has 0 radical (unpaired) electrons. The maximum absolute atomic E-state index is 13.0. The van der Waals surface area contributed by atoms with Gasteiger partial charge in [-0.05, 0) is 65.3 Å². The van der Waals surface area contributed by atoms with Crippen molar-refractivity contribution in [2.45, 2.75) is 18.9 Å². The van der Waals surface area contributed by atoms with Gasteiger partial charge in [-0.2, -0.15) is 11.8 Å². The van der Waals surface area contributed by atoms with Gasteiger partial charge in [0.15, 0.2) is 0 Å². The number of hydrogen-bond acceptors (Lipinski definition) is 5. The van der Waals surface area contributed by atoms with Gasteiger partial charge in [0, 0.05) is 23.4 Å². The molecular weight excluding hydrogens is 438 g/mol. The van der Waals surface area contributed by atoms with Crippen LogP contribution < -0.4 is 10.6 Å². The second kappa shape index (κ2) is 9.87. The summed E-state index contributed by atoms with van der Waals surface area (Å²) in [4.78, 5) is 36.2. The van der Waals surface area contributed by atoms with Crippen molar-refractivity contribution in [2.24, 2.45) is 0 Å². The molecule has 1 aliphatic rings. The number of nitro benzene ring substituents is 1. The molecule has 168 valence electrons. The molecule has 33 heavy (non-hydrogen) atoms. The molecular formula is C25H23N3O4S. The second-order valence-electron chi connectivity index (χ2n) is 7.81. The van der Waals surface area contributed by atoms with Crippen LogP contribution in [0.3, 0.4) is 0 Å². The number of thioether (sulfide) groups is 1. The van der Waals surface area contributed by atoms with Gasteiger partial charge in [0.1, 0.15) is 6.04 Å². The summed E-state index contributed by atoms with van der Waals surface area (Å²) in [6, 6.07) is 18.8. The fourth-order valence-electron chi connectivity index (χ4n) is 3.96. The van der Waals surface area contributed by atoms with Crippen molar-refractivity contribution >= 4 is 35.0 Å². The smallest absolute Gasteiger partial charge is 0.270 e. The molecule has 0 bridgehead atoms. The average molecular weight is 462 g/mol. The lowest BCUT2D eigenvalue weighted by Crippen LogP contribution is -2.44. The Morgan fingerprint density at radius 2 is 1.82 bits per heavy atom. The van der Waals surface area contributed by atoms with E-state index >= 15 is 0 Å². The Hall–Kier alpha value is -3.65. The molecule has 0 saturated carbocycles. The molecule has 3 aromatic carbocycles. The van der Waals surface area contributed by atoms with Crippen molar-refractivity contribution in [2.75, 3.05) is 17.3 Å². The molecule has 0 aromatic heterocycles. The first-order chi connectivity index (χ1) is 16.0. The van der Waals surface area contributed by atoms with Gasteiger partial charge in [-0.3, -0.25) is 19.7 Å². The molecule has 1 atom stereocenters. The van der Waals surface area contributed by atoms with E-state index in [2.05, 4.69) is 22.8 Å². The summed E-state index contributed by atoms with van der Waals surface area (Å²) in [6.07, 6.45) is 3.17. The summed E-state index contributed by atoms with van der Waals surface area (Å²) < 4.78 is 0. The van der Waals surface area contributed by atoms with Gasteiger partial charge in [0.05, 0.1) is 4.92 Å². The third-order valence-electron chi connectivity index (χ3n) is 5.61. The number of benzene rings is 3. The second-order valence-corrected chi connectivity index (χ2v) is 8.80. The van der Waals surface area contributed by atoms with Gasteiger partial charge >= 0.3 is 0 Å². The summed E-state index contributed by atoms with van der Waals surface area (Å²) in [5, 5.41) is 16.7. The van der Waals surface area contributed by atoms with E-state index in [1.165, 1.54) is 41.0 Å². The highest BCUT2D eigenvalue weighted by Gasteiger charge is 2.23. The number of carbonyl (C=O) groups is 2. The van der Waals surface area contributed by atoms with Crippen LogP contribution in [0.25, 0.3) is 11.1 Å². The Morgan fingerprint density at radius 1 is 1.03 bits per heavy atom. The normalized spacial score (nSPS) is 12.4. The third-order valence-corrected chi connectivity index (χ3v) is 6.26. The van der Waals surface area contributed by atoms with E-state index in [0.29, 0.717) is 17.9 Å². The summed E-state index contributed by atoms with van der Waals surface area (Å²) in [7, 11) is 0. The molecule has 0 aliphatic heterocycles. The number of anilines is 1. The van der Waals surface area contributed by atoms with Crippen LogP contribution in [0.4, 0.5) is 11.4 Å². The lowest BCUT2D eigenvalue weighted by atomic mass is 10.1. The number of hydrogen-bond donors (Lipinski definition) is 2. The summed E-state index contributed by atoms with van der Waals surface area (Å²) in [6.45, 7) is 0. The number of carbonyl (C=O) groups excluding carboxylic acids is 2. The first kappa shape index (κ1) is 22.5. The van der Waals surface area contributed by atoms with Crippen LogP contribution in [0.1, 0.15) is 27.9 Å². The Bertz CT molecular complexity index is 1230. The molecule has 2 amide bonds. The van der Waals surface area contributed by atoms with Gasteiger partial charge < -0.3 is 10.6 Å². The van der Waals surface area contributed by atoms with E-state index < -0.39 is 16.9 Å². The highest BCUT2D eigenvalue weighted by Crippen LogP contribution is 2.37. The highest BCUT2D eigenvalue weighted by molar-refractivity contribution is 7.98. The van der Waals surface area contributed by atoms with Gasteiger partial charge in [0.2, 0.25) is 5.91 Å². The number of non-ortho nitro benzene ring substituents is 1. The van der Waals surface area contributed by atoms with Gasteiger partial charge in [-0.15, -0.1) is 0 Å². The Morgan fingerprint density at radius 3 is 2.61 bits per heavy atom. The molecule has 2 N–H and O–H groups in total. The maximum Gasteiger partial charge on any atom is 0.270 e. The predicted molar refractivity (Wildman–Crippen MR) is 131 cm³/mol. The Balaban J connectivity index is 1.48. The molecule has 4 rings (SSSR count). The van der Waals surface area contributed by atoms with Crippen LogP contribution in [0, 0.1) is 10.1 Å². The van der Waals surface area contributed by atoms with E-state index in [4.69, 9.17) is 0 Å². The average Bonchev–Trinajstić information content (AvgIpc) is 3.19. The summed E-state index contributed by atoms with van der Waals surface area (Å²) >= 11 is 1.57. The molecule has 0 fully saturated rings. The maximum atomic E-state index is 13.0. The predicted octanol–water partition coefficient (Wildman–Crippen LogP) is 4.66. The minimum atomic E-state index is -0.769. The Labute approximate surface area is 195 Å². The first-order valence-electron chi connectivity index (χ1n) is 10.5. The monoisotopic (exact) mass is 461 g/mol. The highest BCUT2D eigenvalue weighted by atomic mass is 32.2. The summed E-state index contributed by atoms with van der Waals surface area (Å²) in [5.74, 6) is -0.171. The Kier molecular flexibility index (Phi) is 6.74. The molecule has 7 nitrogen and oxygen atoms in total. The topological polar surface area (TPSA) is 101 Å². The van der Waals surface area contributed by atoms with Crippen LogP contribution in [0.15, 0.2) is 66.7 Å². The van der Waals surface area contributed by atoms with Crippen molar-refractivity contribution < 1.29 is 14.5 Å². The quantitative estimate of drug-likeness (QED) is 0.294. The zero-order valence-corrected chi connectivity index (χ0v) is 18.9. The molecule has 0 saturated heterocycles. The van der Waals surface area contributed by atoms with Crippen molar-refractivity contribution in [3.05, 3.63) is 93.5 Å². The zero-order chi connectivity index (χ0) is 23.4. The van der Waals surface area contributed by atoms with Gasteiger partial charge in [0.25, 0.3) is 11.6 Å². The van der Waals surface area contributed by atoms with Crippen molar-refractivity contribution in [1.82, 2.24) is 5.32 Å².